The van der Waals surface area contributed by atoms with Gasteiger partial charge in [0.1, 0.15) is 0 Å². The van der Waals surface area contributed by atoms with E-state index in [1.54, 1.807) is 0 Å². The molecule has 1 rings (SSSR count). The molecule has 1 aromatic rings. The molecular formula is C8H8I2O. The minimum atomic E-state index is 0.232. The zero-order valence-corrected chi connectivity index (χ0v) is 10.2. The number of aliphatic hydroxyl groups excluding tert-OH is 1. The predicted octanol–water partition coefficient (Wildman–Crippen LogP) is 2.43. The molecule has 0 radical (unpaired) electrons. The number of rotatable bonds is 2. The molecule has 0 spiro atoms. The van der Waals surface area contributed by atoms with Gasteiger partial charge in [0, 0.05) is 13.7 Å². The minimum absolute atomic E-state index is 0.232. The van der Waals surface area contributed by atoms with Crippen molar-refractivity contribution >= 4 is 45.2 Å². The van der Waals surface area contributed by atoms with E-state index in [0.717, 1.165) is 6.42 Å². The van der Waals surface area contributed by atoms with E-state index in [2.05, 4.69) is 57.3 Å². The summed E-state index contributed by atoms with van der Waals surface area (Å²) in [6.07, 6.45) is 0.761. The fraction of sp³-hybridized carbons (Fsp3) is 0.250. The second kappa shape index (κ2) is 4.61. The Morgan fingerprint density at radius 2 is 1.73 bits per heavy atom. The second-order valence-corrected chi connectivity index (χ2v) is 4.50. The highest BCUT2D eigenvalue weighted by Gasteiger charge is 2.01. The van der Waals surface area contributed by atoms with Crippen molar-refractivity contribution in [1.82, 2.24) is 0 Å². The third-order valence-corrected chi connectivity index (χ3v) is 3.44. The quantitative estimate of drug-likeness (QED) is 0.789. The van der Waals surface area contributed by atoms with Crippen LogP contribution >= 0.6 is 45.2 Å². The van der Waals surface area contributed by atoms with Crippen LogP contribution in [0.4, 0.5) is 0 Å². The van der Waals surface area contributed by atoms with Crippen LogP contribution in [0.25, 0.3) is 0 Å². The lowest BCUT2D eigenvalue weighted by atomic mass is 10.2. The first-order chi connectivity index (χ1) is 5.25. The molecule has 60 valence electrons. The highest BCUT2D eigenvalue weighted by atomic mass is 127. The van der Waals surface area contributed by atoms with Crippen molar-refractivity contribution in [2.75, 3.05) is 6.61 Å². The maximum absolute atomic E-state index is 8.76. The van der Waals surface area contributed by atoms with E-state index in [4.69, 9.17) is 5.11 Å². The zero-order valence-electron chi connectivity index (χ0n) is 5.85. The average Bonchev–Trinajstić information content (AvgIpc) is 1.97. The second-order valence-electron chi connectivity index (χ2n) is 2.17. The van der Waals surface area contributed by atoms with Crippen LogP contribution in [0.15, 0.2) is 18.2 Å². The summed E-state index contributed by atoms with van der Waals surface area (Å²) in [7, 11) is 0. The maximum Gasteiger partial charge on any atom is 0.0472 e. The van der Waals surface area contributed by atoms with E-state index >= 15 is 0 Å². The molecule has 0 bridgehead atoms. The Hall–Kier alpha value is 0.640. The van der Waals surface area contributed by atoms with Crippen molar-refractivity contribution in [1.29, 1.82) is 0 Å². The summed E-state index contributed by atoms with van der Waals surface area (Å²) in [5.41, 5.74) is 1.26. The number of halogens is 2. The first kappa shape index (κ1) is 9.73. The fourth-order valence-corrected chi connectivity index (χ4v) is 2.93. The summed E-state index contributed by atoms with van der Waals surface area (Å²) in [5.74, 6) is 0. The molecular weight excluding hydrogens is 366 g/mol. The molecule has 0 amide bonds. The molecule has 0 aliphatic heterocycles. The third kappa shape index (κ3) is 2.55. The van der Waals surface area contributed by atoms with Crippen LogP contribution in [-0.2, 0) is 6.42 Å². The van der Waals surface area contributed by atoms with E-state index in [-0.39, 0.29) is 6.61 Å². The zero-order chi connectivity index (χ0) is 8.27. The van der Waals surface area contributed by atoms with Crippen molar-refractivity contribution in [3.05, 3.63) is 30.9 Å². The van der Waals surface area contributed by atoms with Gasteiger partial charge in [-0.15, -0.1) is 0 Å². The van der Waals surface area contributed by atoms with E-state index < -0.39 is 0 Å². The van der Waals surface area contributed by atoms with Crippen LogP contribution in [0.1, 0.15) is 5.56 Å². The van der Waals surface area contributed by atoms with E-state index in [0.29, 0.717) is 0 Å². The molecule has 1 nitrogen and oxygen atoms in total. The molecule has 1 aromatic carbocycles. The molecule has 0 aromatic heterocycles. The molecule has 0 aliphatic carbocycles. The molecule has 11 heavy (non-hydrogen) atoms. The predicted molar refractivity (Wildman–Crippen MR) is 62.7 cm³/mol. The van der Waals surface area contributed by atoms with Gasteiger partial charge in [-0.2, -0.15) is 0 Å². The van der Waals surface area contributed by atoms with Crippen LogP contribution in [0, 0.1) is 7.14 Å². The first-order valence-electron chi connectivity index (χ1n) is 3.29. The van der Waals surface area contributed by atoms with Crippen LogP contribution in [0.5, 0.6) is 0 Å². The number of benzene rings is 1. The summed E-state index contributed by atoms with van der Waals surface area (Å²) >= 11 is 4.59. The summed E-state index contributed by atoms with van der Waals surface area (Å²) in [6, 6.07) is 6.16. The van der Waals surface area contributed by atoms with Crippen LogP contribution < -0.4 is 0 Å². The summed E-state index contributed by atoms with van der Waals surface area (Å²) < 4.78 is 2.48. The lowest BCUT2D eigenvalue weighted by Gasteiger charge is -2.03. The summed E-state index contributed by atoms with van der Waals surface area (Å²) in [5, 5.41) is 8.76. The monoisotopic (exact) mass is 374 g/mol. The molecule has 0 fully saturated rings. The van der Waals surface area contributed by atoms with Crippen molar-refractivity contribution in [3.63, 3.8) is 0 Å². The Morgan fingerprint density at radius 3 is 2.18 bits per heavy atom. The third-order valence-electron chi connectivity index (χ3n) is 1.42. The van der Waals surface area contributed by atoms with Crippen molar-refractivity contribution < 1.29 is 5.11 Å². The Labute approximate surface area is 93.5 Å². The number of aliphatic hydroxyl groups is 1. The Morgan fingerprint density at radius 1 is 1.18 bits per heavy atom. The molecule has 0 saturated heterocycles. The van der Waals surface area contributed by atoms with E-state index in [1.165, 1.54) is 12.7 Å². The highest BCUT2D eigenvalue weighted by molar-refractivity contribution is 14.1. The smallest absolute Gasteiger partial charge is 0.0472 e. The molecule has 0 unspecified atom stereocenters. The lowest BCUT2D eigenvalue weighted by molar-refractivity contribution is 0.299. The first-order valence-corrected chi connectivity index (χ1v) is 5.45. The summed E-state index contributed by atoms with van der Waals surface area (Å²) in [4.78, 5) is 0. The van der Waals surface area contributed by atoms with E-state index in [1.807, 2.05) is 6.07 Å². The van der Waals surface area contributed by atoms with Gasteiger partial charge in [0.15, 0.2) is 0 Å². The normalized spacial score (nSPS) is 10.1. The van der Waals surface area contributed by atoms with Crippen molar-refractivity contribution in [2.24, 2.45) is 0 Å². The Bertz CT molecular complexity index is 228. The maximum atomic E-state index is 8.76. The van der Waals surface area contributed by atoms with Gasteiger partial charge in [-0.3, -0.25) is 0 Å². The molecule has 0 saturated carbocycles. The van der Waals surface area contributed by atoms with Gasteiger partial charge in [0.25, 0.3) is 0 Å². The van der Waals surface area contributed by atoms with Gasteiger partial charge in [-0.1, -0.05) is 6.07 Å². The molecule has 0 aliphatic rings. The average molecular weight is 374 g/mol. The minimum Gasteiger partial charge on any atom is -0.396 e. The van der Waals surface area contributed by atoms with Gasteiger partial charge in [0.2, 0.25) is 0 Å². The standard InChI is InChI=1S/C8H8I2O/c9-7-2-1-3-8(10)6(7)4-5-11/h1-3,11H,4-5H2. The number of hydrogen-bond acceptors (Lipinski definition) is 1. The van der Waals surface area contributed by atoms with Crippen molar-refractivity contribution in [3.8, 4) is 0 Å². The van der Waals surface area contributed by atoms with Gasteiger partial charge in [0.05, 0.1) is 0 Å². The van der Waals surface area contributed by atoms with Gasteiger partial charge < -0.3 is 5.11 Å². The van der Waals surface area contributed by atoms with Crippen LogP contribution in [0.2, 0.25) is 0 Å². The van der Waals surface area contributed by atoms with Crippen LogP contribution in [-0.4, -0.2) is 11.7 Å². The van der Waals surface area contributed by atoms with Gasteiger partial charge in [-0.05, 0) is 69.3 Å². The van der Waals surface area contributed by atoms with Crippen molar-refractivity contribution in [2.45, 2.75) is 6.42 Å². The highest BCUT2D eigenvalue weighted by Crippen LogP contribution is 2.18. The lowest BCUT2D eigenvalue weighted by Crippen LogP contribution is -1.96. The van der Waals surface area contributed by atoms with Crippen LogP contribution in [0.3, 0.4) is 0 Å². The Kier molecular flexibility index (Phi) is 4.08. The summed E-state index contributed by atoms with van der Waals surface area (Å²) in [6.45, 7) is 0.232. The Balaban J connectivity index is 3.00. The molecule has 0 heterocycles. The largest absolute Gasteiger partial charge is 0.396 e. The fourth-order valence-electron chi connectivity index (χ4n) is 0.883. The van der Waals surface area contributed by atoms with Gasteiger partial charge >= 0.3 is 0 Å². The van der Waals surface area contributed by atoms with Gasteiger partial charge in [-0.25, -0.2) is 0 Å². The SMILES string of the molecule is OCCc1c(I)cccc1I. The molecule has 3 heteroatoms. The molecule has 0 atom stereocenters. The molecule has 1 N–H and O–H groups in total. The number of hydrogen-bond donors (Lipinski definition) is 1. The topological polar surface area (TPSA) is 20.2 Å². The van der Waals surface area contributed by atoms with E-state index in [9.17, 15) is 0 Å².